The lowest BCUT2D eigenvalue weighted by molar-refractivity contribution is -0.139. The Morgan fingerprint density at radius 2 is 1.82 bits per heavy atom. The highest BCUT2D eigenvalue weighted by Gasteiger charge is 2.33. The Morgan fingerprint density at radius 1 is 1.05 bits per heavy atom. The Balaban J connectivity index is 1.57. The van der Waals surface area contributed by atoms with Gasteiger partial charge in [0.05, 0.1) is 46.6 Å². The second-order valence-electron chi connectivity index (χ2n) is 9.72. The van der Waals surface area contributed by atoms with Crippen LogP contribution < -0.4 is 29.1 Å². The summed E-state index contributed by atoms with van der Waals surface area (Å²) in [5.74, 6) is 1.21. The van der Waals surface area contributed by atoms with Crippen LogP contribution >= 0.6 is 38.9 Å². The number of carbonyl (C=O) groups is 1. The fourth-order valence-corrected chi connectivity index (χ4v) is 6.68. The lowest BCUT2D eigenvalue weighted by Gasteiger charge is -2.25. The molecule has 1 aliphatic heterocycles. The molecular weight excluding hydrogens is 668 g/mol. The number of hydrogen-bond donors (Lipinski definition) is 0. The molecule has 0 saturated carbocycles. The van der Waals surface area contributed by atoms with Crippen molar-refractivity contribution in [2.45, 2.75) is 33.4 Å². The number of benzene rings is 3. The number of ether oxygens (including phenoxy) is 4. The number of aromatic nitrogens is 1. The van der Waals surface area contributed by atoms with Crippen molar-refractivity contribution in [3.05, 3.63) is 118 Å². The van der Waals surface area contributed by atoms with Crippen LogP contribution in [0.3, 0.4) is 0 Å². The van der Waals surface area contributed by atoms with Crippen LogP contribution in [0, 0.1) is 0 Å². The second-order valence-corrected chi connectivity index (χ2v) is 12.0. The zero-order valence-electron chi connectivity index (χ0n) is 24.6. The summed E-state index contributed by atoms with van der Waals surface area (Å²) in [4.78, 5) is 32.3. The smallest absolute Gasteiger partial charge is 0.338 e. The third-order valence-corrected chi connectivity index (χ3v) is 8.89. The normalized spacial score (nSPS) is 14.6. The first kappa shape index (κ1) is 31.6. The van der Waals surface area contributed by atoms with Gasteiger partial charge in [-0.2, -0.15) is 0 Å². The van der Waals surface area contributed by atoms with Crippen LogP contribution in [-0.2, 0) is 16.1 Å². The number of rotatable bonds is 10. The molecule has 1 aromatic heterocycles. The summed E-state index contributed by atoms with van der Waals surface area (Å²) in [6.07, 6.45) is 1.79. The van der Waals surface area contributed by atoms with E-state index in [1.807, 2.05) is 61.5 Å². The van der Waals surface area contributed by atoms with Crippen LogP contribution in [0.25, 0.3) is 6.08 Å². The Kier molecular flexibility index (Phi) is 9.93. The average molecular weight is 698 g/mol. The van der Waals surface area contributed by atoms with Gasteiger partial charge in [0, 0.05) is 10.6 Å². The van der Waals surface area contributed by atoms with Crippen molar-refractivity contribution in [3.8, 4) is 17.2 Å². The van der Waals surface area contributed by atoms with E-state index in [4.69, 9.17) is 30.5 Å². The fraction of sp³-hybridized carbons (Fsp3) is 0.242. The molecule has 0 saturated heterocycles. The first-order chi connectivity index (χ1) is 21.2. The number of allylic oxidation sites excluding steroid dienone is 1. The highest BCUT2D eigenvalue weighted by Crippen LogP contribution is 2.35. The lowest BCUT2D eigenvalue weighted by Crippen LogP contribution is -2.39. The van der Waals surface area contributed by atoms with Crippen molar-refractivity contribution in [1.82, 2.24) is 4.57 Å². The number of esters is 1. The number of carbonyl (C=O) groups excluding carboxylic acids is 1. The topological polar surface area (TPSA) is 88.4 Å². The molecule has 228 valence electrons. The molecule has 5 rings (SSSR count). The van der Waals surface area contributed by atoms with Crippen molar-refractivity contribution in [2.75, 3.05) is 20.3 Å². The Bertz CT molecular complexity index is 1930. The number of halogens is 2. The van der Waals surface area contributed by atoms with Crippen LogP contribution in [0.1, 0.15) is 43.5 Å². The summed E-state index contributed by atoms with van der Waals surface area (Å²) in [6.45, 7) is 6.29. The van der Waals surface area contributed by atoms with Gasteiger partial charge in [0.25, 0.3) is 5.56 Å². The van der Waals surface area contributed by atoms with Crippen molar-refractivity contribution in [1.29, 1.82) is 0 Å². The maximum atomic E-state index is 14.0. The first-order valence-electron chi connectivity index (χ1n) is 13.9. The van der Waals surface area contributed by atoms with E-state index >= 15 is 0 Å². The highest BCUT2D eigenvalue weighted by molar-refractivity contribution is 9.10. The van der Waals surface area contributed by atoms with E-state index in [1.54, 1.807) is 37.7 Å². The van der Waals surface area contributed by atoms with Gasteiger partial charge < -0.3 is 18.9 Å². The summed E-state index contributed by atoms with van der Waals surface area (Å²) >= 11 is 11.1. The molecule has 0 spiro atoms. The predicted molar refractivity (Wildman–Crippen MR) is 174 cm³/mol. The second kappa shape index (κ2) is 13.8. The van der Waals surface area contributed by atoms with Gasteiger partial charge >= 0.3 is 5.97 Å². The number of thiazole rings is 1. The molecule has 0 fully saturated rings. The zero-order chi connectivity index (χ0) is 31.4. The van der Waals surface area contributed by atoms with E-state index in [1.165, 1.54) is 11.3 Å². The van der Waals surface area contributed by atoms with E-state index in [9.17, 15) is 9.59 Å². The van der Waals surface area contributed by atoms with Crippen LogP contribution in [0.2, 0.25) is 5.02 Å². The standard InChI is InChI=1S/C33H30BrClN2O6S/c1-5-41-27-15-20(11-13-26(27)43-18-22-9-7-8-10-24(22)35)16-28-31(38)37-30(21-12-14-25(40-4)23(34)17-21)29(32(39)42-6-2)19(3)36-33(37)44-28/h7-17,30H,5-6,18H2,1-4H3/b28-16+/t30-/m0/s1. The molecule has 2 heterocycles. The van der Waals surface area contributed by atoms with Gasteiger partial charge in [-0.15, -0.1) is 0 Å². The molecule has 4 aromatic rings. The number of methoxy groups -OCH3 is 1. The Labute approximate surface area is 272 Å². The maximum absolute atomic E-state index is 14.0. The highest BCUT2D eigenvalue weighted by atomic mass is 79.9. The van der Waals surface area contributed by atoms with Crippen molar-refractivity contribution in [3.63, 3.8) is 0 Å². The van der Waals surface area contributed by atoms with Crippen molar-refractivity contribution < 1.29 is 23.7 Å². The zero-order valence-corrected chi connectivity index (χ0v) is 27.7. The van der Waals surface area contributed by atoms with E-state index in [0.29, 0.717) is 59.5 Å². The summed E-state index contributed by atoms with van der Waals surface area (Å²) < 4.78 is 25.4. The van der Waals surface area contributed by atoms with E-state index in [2.05, 4.69) is 20.9 Å². The predicted octanol–water partition coefficient (Wildman–Crippen LogP) is 6.20. The van der Waals surface area contributed by atoms with Crippen LogP contribution in [0.4, 0.5) is 0 Å². The molecule has 0 radical (unpaired) electrons. The number of nitrogens with zero attached hydrogens (tertiary/aromatic N) is 2. The first-order valence-corrected chi connectivity index (χ1v) is 15.9. The molecule has 1 aliphatic rings. The minimum Gasteiger partial charge on any atom is -0.496 e. The largest absolute Gasteiger partial charge is 0.496 e. The summed E-state index contributed by atoms with van der Waals surface area (Å²) in [5.41, 5.74) is 2.83. The van der Waals surface area contributed by atoms with Gasteiger partial charge in [-0.05, 0) is 84.2 Å². The Morgan fingerprint density at radius 3 is 2.52 bits per heavy atom. The summed E-state index contributed by atoms with van der Waals surface area (Å²) in [5, 5.41) is 0.624. The van der Waals surface area contributed by atoms with Crippen LogP contribution in [-0.4, -0.2) is 30.9 Å². The molecule has 3 aromatic carbocycles. The van der Waals surface area contributed by atoms with E-state index in [-0.39, 0.29) is 18.8 Å². The molecule has 0 unspecified atom stereocenters. The van der Waals surface area contributed by atoms with Crippen LogP contribution in [0.5, 0.6) is 17.2 Å². The summed E-state index contributed by atoms with van der Waals surface area (Å²) in [6, 6.07) is 17.7. The van der Waals surface area contributed by atoms with Gasteiger partial charge in [-0.3, -0.25) is 9.36 Å². The maximum Gasteiger partial charge on any atom is 0.338 e. The van der Waals surface area contributed by atoms with Gasteiger partial charge in [0.1, 0.15) is 12.4 Å². The third-order valence-electron chi connectivity index (χ3n) is 6.92. The van der Waals surface area contributed by atoms with Crippen molar-refractivity contribution in [2.24, 2.45) is 4.99 Å². The lowest BCUT2D eigenvalue weighted by atomic mass is 9.96. The molecule has 8 nitrogen and oxygen atoms in total. The fourth-order valence-electron chi connectivity index (χ4n) is 4.88. The van der Waals surface area contributed by atoms with Crippen molar-refractivity contribution >= 4 is 50.9 Å². The summed E-state index contributed by atoms with van der Waals surface area (Å²) in [7, 11) is 1.57. The van der Waals surface area contributed by atoms with E-state index < -0.39 is 12.0 Å². The number of fused-ring (bicyclic) bond motifs is 1. The molecule has 0 aliphatic carbocycles. The molecule has 0 bridgehead atoms. The van der Waals surface area contributed by atoms with Crippen LogP contribution in [0.15, 0.2) is 86.2 Å². The number of hydrogen-bond acceptors (Lipinski definition) is 8. The molecule has 44 heavy (non-hydrogen) atoms. The van der Waals surface area contributed by atoms with Gasteiger partial charge in [0.2, 0.25) is 0 Å². The SMILES string of the molecule is CCOC(=O)C1=C(C)N=c2s/c(=C/c3ccc(OCc4ccccc4Cl)c(OCC)c3)c(=O)n2[C@H]1c1ccc(OC)c(Br)c1. The van der Waals surface area contributed by atoms with Gasteiger partial charge in [-0.25, -0.2) is 9.79 Å². The monoisotopic (exact) mass is 696 g/mol. The third kappa shape index (κ3) is 6.47. The molecule has 11 heteroatoms. The average Bonchev–Trinajstić information content (AvgIpc) is 3.30. The molecule has 0 amide bonds. The minimum absolute atomic E-state index is 0.194. The quantitative estimate of drug-likeness (QED) is 0.184. The van der Waals surface area contributed by atoms with Gasteiger partial charge in [-0.1, -0.05) is 53.3 Å². The Hall–Kier alpha value is -3.86. The van der Waals surface area contributed by atoms with Gasteiger partial charge in [0.15, 0.2) is 16.3 Å². The molecule has 0 N–H and O–H groups in total. The molecule has 1 atom stereocenters. The molecular formula is C33H30BrClN2O6S. The van der Waals surface area contributed by atoms with E-state index in [0.717, 1.165) is 11.1 Å². The minimum atomic E-state index is -0.741.